The Balaban J connectivity index is 1.67. The van der Waals surface area contributed by atoms with Crippen molar-refractivity contribution in [1.82, 2.24) is 20.0 Å². The van der Waals surface area contributed by atoms with Crippen molar-refractivity contribution in [2.75, 3.05) is 53.6 Å². The minimum Gasteiger partial charge on any atom is -0.497 e. The standard InChI is InChI=1S/C30H37FN4O6/c1-6-34-25(18-33-11-12-35(19(3)17-33)28(36)20-9-8-10-22(31)13-20)26(29(37)41-7-2)27(32-30(34)38)21-14-23(39-4)16-24(15-21)40-5/h8-10,13-16,19,27H,6-7,11-12,17-18H2,1-5H3,(H,32,38). The molecule has 1 fully saturated rings. The molecule has 0 bridgehead atoms. The first-order chi connectivity index (χ1) is 19.7. The number of hydrogen-bond acceptors (Lipinski definition) is 7. The molecule has 0 spiro atoms. The second-order valence-electron chi connectivity index (χ2n) is 9.95. The van der Waals surface area contributed by atoms with Crippen LogP contribution in [0.2, 0.25) is 0 Å². The van der Waals surface area contributed by atoms with Crippen molar-refractivity contribution in [2.45, 2.75) is 32.9 Å². The van der Waals surface area contributed by atoms with Crippen LogP contribution in [0.5, 0.6) is 11.5 Å². The summed E-state index contributed by atoms with van der Waals surface area (Å²) in [4.78, 5) is 45.3. The molecule has 2 aromatic rings. The van der Waals surface area contributed by atoms with Gasteiger partial charge in [-0.1, -0.05) is 6.07 Å². The molecule has 0 aromatic heterocycles. The Morgan fingerprint density at radius 1 is 1.05 bits per heavy atom. The zero-order chi connectivity index (χ0) is 29.7. The first-order valence-electron chi connectivity index (χ1n) is 13.7. The molecule has 41 heavy (non-hydrogen) atoms. The monoisotopic (exact) mass is 568 g/mol. The van der Waals surface area contributed by atoms with Gasteiger partial charge in [-0.25, -0.2) is 14.0 Å². The molecule has 220 valence electrons. The van der Waals surface area contributed by atoms with E-state index in [4.69, 9.17) is 14.2 Å². The third-order valence-corrected chi connectivity index (χ3v) is 7.37. The molecule has 2 aliphatic heterocycles. The molecule has 10 nitrogen and oxygen atoms in total. The Morgan fingerprint density at radius 3 is 2.34 bits per heavy atom. The van der Waals surface area contributed by atoms with Gasteiger partial charge < -0.3 is 24.4 Å². The number of carbonyl (C=O) groups excluding carboxylic acids is 3. The quantitative estimate of drug-likeness (QED) is 0.462. The van der Waals surface area contributed by atoms with E-state index in [1.165, 1.54) is 32.4 Å². The van der Waals surface area contributed by atoms with Crippen LogP contribution in [0.15, 0.2) is 53.7 Å². The van der Waals surface area contributed by atoms with E-state index < -0.39 is 17.8 Å². The zero-order valence-corrected chi connectivity index (χ0v) is 24.1. The summed E-state index contributed by atoms with van der Waals surface area (Å²) < 4.78 is 30.1. The number of urea groups is 1. The van der Waals surface area contributed by atoms with E-state index in [0.29, 0.717) is 66.6 Å². The number of methoxy groups -OCH3 is 2. The number of amides is 3. The van der Waals surface area contributed by atoms with Gasteiger partial charge in [-0.05, 0) is 56.7 Å². The highest BCUT2D eigenvalue weighted by Gasteiger charge is 2.39. The number of nitrogens with zero attached hydrogens (tertiary/aromatic N) is 3. The molecule has 0 aliphatic carbocycles. The maximum atomic E-state index is 13.7. The van der Waals surface area contributed by atoms with Gasteiger partial charge in [-0.15, -0.1) is 0 Å². The lowest BCUT2D eigenvalue weighted by Gasteiger charge is -2.43. The molecule has 3 amide bonds. The minimum atomic E-state index is -0.795. The summed E-state index contributed by atoms with van der Waals surface area (Å²) in [7, 11) is 3.06. The first kappa shape index (κ1) is 29.9. The number of carbonyl (C=O) groups is 3. The fraction of sp³-hybridized carbons (Fsp3) is 0.433. The fourth-order valence-electron chi connectivity index (χ4n) is 5.38. The third kappa shape index (κ3) is 6.45. The van der Waals surface area contributed by atoms with E-state index in [9.17, 15) is 18.8 Å². The van der Waals surface area contributed by atoms with Gasteiger partial charge in [-0.3, -0.25) is 14.6 Å². The van der Waals surface area contributed by atoms with E-state index in [-0.39, 0.29) is 24.6 Å². The van der Waals surface area contributed by atoms with Crippen LogP contribution in [-0.4, -0.2) is 92.2 Å². The largest absolute Gasteiger partial charge is 0.497 e. The summed E-state index contributed by atoms with van der Waals surface area (Å²) >= 11 is 0. The number of likely N-dealkylation sites (N-methyl/N-ethyl adjacent to an activating group) is 1. The average molecular weight is 569 g/mol. The van der Waals surface area contributed by atoms with Crippen molar-refractivity contribution in [1.29, 1.82) is 0 Å². The normalized spacial score (nSPS) is 19.6. The number of benzene rings is 2. The Labute approximate surface area is 239 Å². The van der Waals surface area contributed by atoms with Crippen LogP contribution in [0.3, 0.4) is 0 Å². The van der Waals surface area contributed by atoms with Gasteiger partial charge in [0.25, 0.3) is 5.91 Å². The van der Waals surface area contributed by atoms with Crippen molar-refractivity contribution >= 4 is 17.9 Å². The highest BCUT2D eigenvalue weighted by atomic mass is 19.1. The minimum absolute atomic E-state index is 0.168. The molecule has 2 heterocycles. The van der Waals surface area contributed by atoms with Gasteiger partial charge in [0.1, 0.15) is 17.3 Å². The molecule has 4 rings (SSSR count). The number of esters is 1. The molecule has 2 unspecified atom stereocenters. The Hall–Kier alpha value is -4.12. The molecule has 1 N–H and O–H groups in total. The molecule has 11 heteroatoms. The van der Waals surface area contributed by atoms with Crippen LogP contribution in [0.25, 0.3) is 0 Å². The van der Waals surface area contributed by atoms with Gasteiger partial charge in [0.05, 0.1) is 32.4 Å². The number of nitrogens with one attached hydrogen (secondary N) is 1. The van der Waals surface area contributed by atoms with Crippen molar-refractivity contribution in [3.05, 3.63) is 70.7 Å². The maximum absolute atomic E-state index is 13.7. The lowest BCUT2D eigenvalue weighted by Crippen LogP contribution is -2.56. The third-order valence-electron chi connectivity index (χ3n) is 7.37. The van der Waals surface area contributed by atoms with E-state index in [1.807, 2.05) is 13.8 Å². The van der Waals surface area contributed by atoms with Crippen molar-refractivity contribution in [2.24, 2.45) is 0 Å². The number of rotatable bonds is 9. The molecule has 0 radical (unpaired) electrons. The van der Waals surface area contributed by atoms with E-state index in [2.05, 4.69) is 10.2 Å². The second-order valence-corrected chi connectivity index (χ2v) is 9.95. The molecule has 2 aliphatic rings. The molecule has 2 atom stereocenters. The van der Waals surface area contributed by atoms with Gasteiger partial charge in [0.15, 0.2) is 0 Å². The number of hydrogen-bond donors (Lipinski definition) is 1. The highest BCUT2D eigenvalue weighted by Crippen LogP contribution is 2.36. The van der Waals surface area contributed by atoms with Gasteiger partial charge in [0, 0.05) is 56.1 Å². The predicted octanol–water partition coefficient (Wildman–Crippen LogP) is 3.59. The van der Waals surface area contributed by atoms with Gasteiger partial charge in [-0.2, -0.15) is 0 Å². The molecule has 2 aromatic carbocycles. The van der Waals surface area contributed by atoms with Crippen molar-refractivity contribution in [3.8, 4) is 11.5 Å². The lowest BCUT2D eigenvalue weighted by molar-refractivity contribution is -0.139. The highest BCUT2D eigenvalue weighted by molar-refractivity contribution is 5.95. The molecule has 0 saturated carbocycles. The summed E-state index contributed by atoms with van der Waals surface area (Å²) in [6, 6.07) is 9.59. The molecule has 1 saturated heterocycles. The smallest absolute Gasteiger partial charge is 0.338 e. The Kier molecular flexibility index (Phi) is 9.49. The van der Waals surface area contributed by atoms with E-state index in [0.717, 1.165) is 0 Å². The lowest BCUT2D eigenvalue weighted by atomic mass is 9.93. The molecular weight excluding hydrogens is 531 g/mol. The van der Waals surface area contributed by atoms with Crippen LogP contribution in [-0.2, 0) is 9.53 Å². The van der Waals surface area contributed by atoms with Crippen LogP contribution in [0.1, 0.15) is 42.7 Å². The van der Waals surface area contributed by atoms with E-state index in [1.54, 1.807) is 41.0 Å². The number of ether oxygens (including phenoxy) is 3. The summed E-state index contributed by atoms with van der Waals surface area (Å²) in [5.74, 6) is -0.185. The summed E-state index contributed by atoms with van der Waals surface area (Å²) in [5.41, 5.74) is 1.79. The first-order valence-corrected chi connectivity index (χ1v) is 13.7. The van der Waals surface area contributed by atoms with Crippen LogP contribution < -0.4 is 14.8 Å². The van der Waals surface area contributed by atoms with Gasteiger partial charge in [0.2, 0.25) is 0 Å². The fourth-order valence-corrected chi connectivity index (χ4v) is 5.38. The van der Waals surface area contributed by atoms with Crippen molar-refractivity contribution in [3.63, 3.8) is 0 Å². The van der Waals surface area contributed by atoms with Crippen LogP contribution >= 0.6 is 0 Å². The predicted molar refractivity (Wildman–Crippen MR) is 150 cm³/mol. The topological polar surface area (TPSA) is 101 Å². The second kappa shape index (κ2) is 13.0. The van der Waals surface area contributed by atoms with E-state index >= 15 is 0 Å². The van der Waals surface area contributed by atoms with Crippen LogP contribution in [0.4, 0.5) is 9.18 Å². The number of piperazine rings is 1. The zero-order valence-electron chi connectivity index (χ0n) is 24.1. The Morgan fingerprint density at radius 2 is 1.76 bits per heavy atom. The summed E-state index contributed by atoms with van der Waals surface area (Å²) in [6.07, 6.45) is 0. The van der Waals surface area contributed by atoms with Crippen molar-refractivity contribution < 1.29 is 33.0 Å². The number of halogens is 1. The SMILES string of the molecule is CCOC(=O)C1=C(CN2CCN(C(=O)c3cccc(F)c3)C(C)C2)N(CC)C(=O)NC1c1cc(OC)cc(OC)c1. The maximum Gasteiger partial charge on any atom is 0.338 e. The van der Waals surface area contributed by atoms with Gasteiger partial charge >= 0.3 is 12.0 Å². The molecular formula is C30H37FN4O6. The Bertz CT molecular complexity index is 1310. The average Bonchev–Trinajstić information content (AvgIpc) is 2.96. The summed E-state index contributed by atoms with van der Waals surface area (Å²) in [5, 5.41) is 2.96. The summed E-state index contributed by atoms with van der Waals surface area (Å²) in [6.45, 7) is 7.72. The van der Waals surface area contributed by atoms with Crippen LogP contribution in [0, 0.1) is 5.82 Å².